The Morgan fingerprint density at radius 3 is 2.69 bits per heavy atom. The molecule has 3 aromatic rings. The van der Waals surface area contributed by atoms with Gasteiger partial charge in [-0.15, -0.1) is 0 Å². The van der Waals surface area contributed by atoms with Crippen LogP contribution in [0.3, 0.4) is 0 Å². The summed E-state index contributed by atoms with van der Waals surface area (Å²) in [4.78, 5) is 24.2. The van der Waals surface area contributed by atoms with Crippen LogP contribution in [0.5, 0.6) is 0 Å². The molecule has 0 unspecified atom stereocenters. The number of methoxy groups -OCH3 is 1. The normalized spacial score (nSPS) is 11.1. The van der Waals surface area contributed by atoms with Crippen LogP contribution in [0.1, 0.15) is 36.8 Å². The number of esters is 1. The van der Waals surface area contributed by atoms with Gasteiger partial charge in [0.05, 0.1) is 23.7 Å². The molecule has 0 saturated carbocycles. The van der Waals surface area contributed by atoms with E-state index >= 15 is 0 Å². The van der Waals surface area contributed by atoms with Gasteiger partial charge < -0.3 is 24.3 Å². The van der Waals surface area contributed by atoms with Crippen molar-refractivity contribution in [2.24, 2.45) is 0 Å². The monoisotopic (exact) mass is 397 g/mol. The van der Waals surface area contributed by atoms with Crippen molar-refractivity contribution in [3.05, 3.63) is 35.7 Å². The van der Waals surface area contributed by atoms with Gasteiger partial charge in [-0.05, 0) is 39.0 Å². The second kappa shape index (κ2) is 7.20. The molecule has 0 atom stereocenters. The molecule has 3 rings (SSSR count). The molecule has 0 aliphatic rings. The molecule has 0 spiro atoms. The van der Waals surface area contributed by atoms with Gasteiger partial charge in [-0.2, -0.15) is 5.26 Å². The number of nitrogens with one attached hydrogen (secondary N) is 1. The lowest BCUT2D eigenvalue weighted by atomic mass is 10.2. The van der Waals surface area contributed by atoms with Gasteiger partial charge in [-0.3, -0.25) is 5.32 Å². The van der Waals surface area contributed by atoms with E-state index in [0.717, 1.165) is 0 Å². The van der Waals surface area contributed by atoms with Crippen LogP contribution < -0.4 is 11.1 Å². The Bertz CT molecular complexity index is 1150. The van der Waals surface area contributed by atoms with Crippen molar-refractivity contribution in [3.8, 4) is 11.8 Å². The molecule has 0 bridgehead atoms. The minimum atomic E-state index is -0.693. The number of nitrogen functional groups attached to an aromatic ring is 1. The quantitative estimate of drug-likeness (QED) is 0.641. The molecule has 2 aromatic heterocycles. The van der Waals surface area contributed by atoms with Crippen LogP contribution in [0.4, 0.5) is 16.3 Å². The number of nitrogens with two attached hydrogens (primary N) is 1. The van der Waals surface area contributed by atoms with Crippen molar-refractivity contribution in [2.75, 3.05) is 18.2 Å². The van der Waals surface area contributed by atoms with E-state index in [4.69, 9.17) is 19.7 Å². The first kappa shape index (κ1) is 19.8. The van der Waals surface area contributed by atoms with Gasteiger partial charge in [0.25, 0.3) is 0 Å². The number of aromatic nitrogens is 2. The number of fused-ring (bicyclic) bond motifs is 1. The molecule has 1 aromatic carbocycles. The van der Waals surface area contributed by atoms with Gasteiger partial charge in [-0.25, -0.2) is 9.59 Å². The van der Waals surface area contributed by atoms with Crippen molar-refractivity contribution in [1.82, 2.24) is 9.72 Å². The first-order chi connectivity index (χ1) is 13.6. The van der Waals surface area contributed by atoms with E-state index in [-0.39, 0.29) is 22.8 Å². The Kier molecular flexibility index (Phi) is 4.90. The lowest BCUT2D eigenvalue weighted by Crippen LogP contribution is -2.27. The maximum Gasteiger partial charge on any atom is 0.413 e. The molecule has 0 aliphatic heterocycles. The minimum absolute atomic E-state index is 0.0110. The van der Waals surface area contributed by atoms with E-state index in [1.807, 2.05) is 6.07 Å². The van der Waals surface area contributed by atoms with Crippen molar-refractivity contribution in [1.29, 1.82) is 5.26 Å². The number of amides is 1. The number of carbonyl (C=O) groups excluding carboxylic acids is 2. The fourth-order valence-corrected chi connectivity index (χ4v) is 2.69. The summed E-state index contributed by atoms with van der Waals surface area (Å²) in [5.41, 5.74) is 6.29. The van der Waals surface area contributed by atoms with E-state index in [1.54, 1.807) is 39.0 Å². The van der Waals surface area contributed by atoms with E-state index in [0.29, 0.717) is 16.7 Å². The van der Waals surface area contributed by atoms with Crippen LogP contribution in [-0.4, -0.2) is 34.5 Å². The zero-order valence-corrected chi connectivity index (χ0v) is 16.3. The smallest absolute Gasteiger partial charge is 0.413 e. The molecule has 0 aliphatic carbocycles. The summed E-state index contributed by atoms with van der Waals surface area (Å²) >= 11 is 0. The average molecular weight is 397 g/mol. The lowest BCUT2D eigenvalue weighted by Gasteiger charge is -2.19. The third kappa shape index (κ3) is 3.84. The van der Waals surface area contributed by atoms with Crippen molar-refractivity contribution < 1.29 is 23.6 Å². The summed E-state index contributed by atoms with van der Waals surface area (Å²) < 4.78 is 16.7. The maximum atomic E-state index is 12.2. The zero-order chi connectivity index (χ0) is 21.3. The topological polar surface area (TPSA) is 145 Å². The highest BCUT2D eigenvalue weighted by molar-refractivity contribution is 5.98. The van der Waals surface area contributed by atoms with Gasteiger partial charge in [-0.1, -0.05) is 5.16 Å². The van der Waals surface area contributed by atoms with Gasteiger partial charge in [0, 0.05) is 11.9 Å². The van der Waals surface area contributed by atoms with Gasteiger partial charge >= 0.3 is 12.1 Å². The number of nitrogens with zero attached hydrogens (tertiary/aromatic N) is 3. The SMILES string of the molecule is COC(=O)c1c(N)c(C#N)cn1-c1ccc2onc(NC(=O)OC(C)(C)C)c2c1. The third-order valence-corrected chi connectivity index (χ3v) is 3.89. The number of anilines is 2. The van der Waals surface area contributed by atoms with Crippen LogP contribution in [0.2, 0.25) is 0 Å². The minimum Gasteiger partial charge on any atom is -0.464 e. The van der Waals surface area contributed by atoms with Crippen LogP contribution in [0, 0.1) is 11.3 Å². The van der Waals surface area contributed by atoms with Gasteiger partial charge in [0.15, 0.2) is 17.1 Å². The van der Waals surface area contributed by atoms with Crippen molar-refractivity contribution in [3.63, 3.8) is 0 Å². The summed E-state index contributed by atoms with van der Waals surface area (Å²) in [7, 11) is 1.22. The number of ether oxygens (including phenoxy) is 2. The van der Waals surface area contributed by atoms with E-state index in [2.05, 4.69) is 10.5 Å². The summed E-state index contributed by atoms with van der Waals surface area (Å²) in [5, 5.41) is 16.1. The first-order valence-corrected chi connectivity index (χ1v) is 8.53. The van der Waals surface area contributed by atoms with Gasteiger partial charge in [0.1, 0.15) is 11.7 Å². The molecule has 1 amide bonds. The Labute approximate surface area is 165 Å². The van der Waals surface area contributed by atoms with E-state index in [9.17, 15) is 14.9 Å². The molecule has 150 valence electrons. The van der Waals surface area contributed by atoms with Gasteiger partial charge in [0.2, 0.25) is 0 Å². The molecule has 0 saturated heterocycles. The van der Waals surface area contributed by atoms with Crippen LogP contribution >= 0.6 is 0 Å². The Morgan fingerprint density at radius 1 is 1.34 bits per heavy atom. The van der Waals surface area contributed by atoms with Crippen molar-refractivity contribution >= 4 is 34.5 Å². The Morgan fingerprint density at radius 2 is 2.07 bits per heavy atom. The second-order valence-electron chi connectivity index (χ2n) is 7.12. The van der Waals surface area contributed by atoms with Crippen LogP contribution in [0.15, 0.2) is 28.9 Å². The predicted octanol–water partition coefficient (Wildman–Crippen LogP) is 3.21. The lowest BCUT2D eigenvalue weighted by molar-refractivity contribution is 0.0590. The molecule has 0 radical (unpaired) electrons. The van der Waals surface area contributed by atoms with E-state index in [1.165, 1.54) is 17.9 Å². The molecular formula is C19H19N5O5. The molecule has 2 heterocycles. The highest BCUT2D eigenvalue weighted by Crippen LogP contribution is 2.29. The standard InChI is InChI=1S/C19H19N5O5/c1-19(2,3)28-18(26)22-16-12-7-11(5-6-13(12)29-23-16)24-9-10(8-20)14(21)15(24)17(25)27-4/h5-7,9H,21H2,1-4H3,(H,22,23,26). The van der Waals surface area contributed by atoms with E-state index < -0.39 is 17.7 Å². The Balaban J connectivity index is 2.06. The summed E-state index contributed by atoms with van der Waals surface area (Å²) in [5.74, 6) is -0.544. The van der Waals surface area contributed by atoms with Crippen molar-refractivity contribution in [2.45, 2.75) is 26.4 Å². The number of benzene rings is 1. The fourth-order valence-electron chi connectivity index (χ4n) is 2.69. The van der Waals surface area contributed by atoms with Crippen LogP contribution in [0.25, 0.3) is 16.7 Å². The number of nitriles is 1. The number of rotatable bonds is 3. The van der Waals surface area contributed by atoms with Crippen LogP contribution in [-0.2, 0) is 9.47 Å². The Hall–Kier alpha value is -4.00. The summed E-state index contributed by atoms with van der Waals surface area (Å²) in [6.45, 7) is 5.22. The highest BCUT2D eigenvalue weighted by Gasteiger charge is 2.23. The number of hydrogen-bond donors (Lipinski definition) is 2. The second-order valence-corrected chi connectivity index (χ2v) is 7.12. The zero-order valence-electron chi connectivity index (χ0n) is 16.3. The number of hydrogen-bond acceptors (Lipinski definition) is 8. The fraction of sp³-hybridized carbons (Fsp3) is 0.263. The molecule has 3 N–H and O–H groups in total. The third-order valence-electron chi connectivity index (χ3n) is 3.89. The number of carbonyl (C=O) groups is 2. The molecule has 10 heteroatoms. The summed E-state index contributed by atoms with van der Waals surface area (Å²) in [6.07, 6.45) is 0.738. The highest BCUT2D eigenvalue weighted by atomic mass is 16.6. The molecular weight excluding hydrogens is 378 g/mol. The summed E-state index contributed by atoms with van der Waals surface area (Å²) in [6, 6.07) is 6.83. The molecule has 0 fully saturated rings. The first-order valence-electron chi connectivity index (χ1n) is 8.53. The predicted molar refractivity (Wildman–Crippen MR) is 104 cm³/mol. The molecule has 29 heavy (non-hydrogen) atoms. The largest absolute Gasteiger partial charge is 0.464 e. The molecule has 10 nitrogen and oxygen atoms in total. The maximum absolute atomic E-state index is 12.2. The average Bonchev–Trinajstić information content (AvgIpc) is 3.19.